The fourth-order valence-corrected chi connectivity index (χ4v) is 2.13. The zero-order chi connectivity index (χ0) is 14.7. The summed E-state index contributed by atoms with van der Waals surface area (Å²) in [6, 6.07) is 12.1. The molecular formula is C16H14Cl2O2. The number of carbonyl (C=O) groups excluding carboxylic acids is 1. The second kappa shape index (κ2) is 6.29. The third-order valence-electron chi connectivity index (χ3n) is 2.92. The molecule has 0 heterocycles. The first-order chi connectivity index (χ1) is 9.47. The molecule has 0 saturated heterocycles. The molecule has 2 aromatic rings. The largest absolute Gasteiger partial charge is 0.483 e. The van der Waals surface area contributed by atoms with Gasteiger partial charge in [0.25, 0.3) is 0 Å². The Morgan fingerprint density at radius 1 is 1.15 bits per heavy atom. The smallest absolute Gasteiger partial charge is 0.203 e. The normalized spacial score (nSPS) is 12.0. The first-order valence-corrected chi connectivity index (χ1v) is 6.95. The van der Waals surface area contributed by atoms with Crippen LogP contribution in [0.5, 0.6) is 5.75 Å². The summed E-state index contributed by atoms with van der Waals surface area (Å²) in [6.45, 7) is 3.60. The number of halogens is 2. The monoisotopic (exact) mass is 308 g/mol. The minimum absolute atomic E-state index is 0.111. The van der Waals surface area contributed by atoms with Crippen LogP contribution in [0.1, 0.15) is 22.8 Å². The van der Waals surface area contributed by atoms with E-state index in [2.05, 4.69) is 0 Å². The summed E-state index contributed by atoms with van der Waals surface area (Å²) in [4.78, 5) is 12.2. The zero-order valence-corrected chi connectivity index (χ0v) is 12.7. The van der Waals surface area contributed by atoms with Gasteiger partial charge in [-0.3, -0.25) is 4.79 Å². The van der Waals surface area contributed by atoms with Gasteiger partial charge in [-0.15, -0.1) is 0 Å². The van der Waals surface area contributed by atoms with Gasteiger partial charge in [0.05, 0.1) is 0 Å². The van der Waals surface area contributed by atoms with Crippen molar-refractivity contribution in [2.24, 2.45) is 0 Å². The molecule has 4 heteroatoms. The lowest BCUT2D eigenvalue weighted by Gasteiger charge is -2.14. The van der Waals surface area contributed by atoms with Crippen LogP contribution in [0.4, 0.5) is 0 Å². The number of hydrogen-bond acceptors (Lipinski definition) is 2. The number of rotatable bonds is 4. The van der Waals surface area contributed by atoms with Gasteiger partial charge in [0, 0.05) is 15.6 Å². The van der Waals surface area contributed by atoms with Crippen molar-refractivity contribution in [2.45, 2.75) is 20.0 Å². The van der Waals surface area contributed by atoms with Crippen LogP contribution in [0.25, 0.3) is 0 Å². The van der Waals surface area contributed by atoms with Crippen molar-refractivity contribution in [2.75, 3.05) is 0 Å². The van der Waals surface area contributed by atoms with E-state index in [9.17, 15) is 4.79 Å². The third kappa shape index (κ3) is 3.53. The summed E-state index contributed by atoms with van der Waals surface area (Å²) < 4.78 is 5.65. The molecule has 0 radical (unpaired) electrons. The molecule has 0 aromatic heterocycles. The van der Waals surface area contributed by atoms with Crippen LogP contribution >= 0.6 is 23.2 Å². The maximum atomic E-state index is 12.2. The standard InChI is InChI=1S/C16H14Cl2O2/c1-10-8-14(6-7-15(10)18)20-11(2)16(19)12-4-3-5-13(17)9-12/h3-9,11H,1-2H3. The average molecular weight is 309 g/mol. The Morgan fingerprint density at radius 2 is 1.90 bits per heavy atom. The van der Waals surface area contributed by atoms with Crippen LogP contribution in [-0.2, 0) is 0 Å². The van der Waals surface area contributed by atoms with Gasteiger partial charge < -0.3 is 4.74 Å². The molecule has 0 fully saturated rings. The second-order valence-corrected chi connectivity index (χ2v) is 5.39. The highest BCUT2D eigenvalue weighted by Gasteiger charge is 2.17. The van der Waals surface area contributed by atoms with Crippen molar-refractivity contribution in [1.29, 1.82) is 0 Å². The Kier molecular flexibility index (Phi) is 4.69. The Labute approximate surface area is 128 Å². The second-order valence-electron chi connectivity index (χ2n) is 4.55. The summed E-state index contributed by atoms with van der Waals surface area (Å²) in [6.07, 6.45) is -0.589. The fourth-order valence-electron chi connectivity index (χ4n) is 1.82. The fraction of sp³-hybridized carbons (Fsp3) is 0.188. The molecule has 0 aliphatic heterocycles. The SMILES string of the molecule is Cc1cc(OC(C)C(=O)c2cccc(Cl)c2)ccc1Cl. The maximum absolute atomic E-state index is 12.2. The van der Waals surface area contributed by atoms with Gasteiger partial charge in [-0.05, 0) is 49.7 Å². The summed E-state index contributed by atoms with van der Waals surface area (Å²) in [5, 5.41) is 1.21. The minimum Gasteiger partial charge on any atom is -0.483 e. The lowest BCUT2D eigenvalue weighted by atomic mass is 10.1. The molecule has 0 aliphatic carbocycles. The van der Waals surface area contributed by atoms with Gasteiger partial charge in [-0.1, -0.05) is 35.3 Å². The highest BCUT2D eigenvalue weighted by molar-refractivity contribution is 6.31. The zero-order valence-electron chi connectivity index (χ0n) is 11.2. The van der Waals surface area contributed by atoms with Crippen molar-refractivity contribution >= 4 is 29.0 Å². The molecule has 0 N–H and O–H groups in total. The summed E-state index contributed by atoms with van der Waals surface area (Å²) in [5.41, 5.74) is 1.45. The Morgan fingerprint density at radius 3 is 2.55 bits per heavy atom. The van der Waals surface area contributed by atoms with Crippen LogP contribution < -0.4 is 4.74 Å². The van der Waals surface area contributed by atoms with Crippen LogP contribution in [0.2, 0.25) is 10.0 Å². The number of carbonyl (C=O) groups is 1. The lowest BCUT2D eigenvalue weighted by Crippen LogP contribution is -2.23. The molecule has 0 bridgehead atoms. The number of ketones is 1. The molecule has 104 valence electrons. The van der Waals surface area contributed by atoms with E-state index in [0.717, 1.165) is 5.56 Å². The van der Waals surface area contributed by atoms with Gasteiger partial charge >= 0.3 is 0 Å². The molecule has 1 unspecified atom stereocenters. The predicted molar refractivity (Wildman–Crippen MR) is 82.1 cm³/mol. The molecule has 2 nitrogen and oxygen atoms in total. The summed E-state index contributed by atoms with van der Waals surface area (Å²) in [7, 11) is 0. The molecule has 2 aromatic carbocycles. The molecule has 0 amide bonds. The van der Waals surface area contributed by atoms with Crippen LogP contribution in [0.15, 0.2) is 42.5 Å². The van der Waals surface area contributed by atoms with E-state index in [0.29, 0.717) is 21.4 Å². The van der Waals surface area contributed by atoms with Crippen LogP contribution in [0.3, 0.4) is 0 Å². The topological polar surface area (TPSA) is 26.3 Å². The predicted octanol–water partition coefficient (Wildman–Crippen LogP) is 4.95. The van der Waals surface area contributed by atoms with Crippen molar-refractivity contribution in [3.05, 3.63) is 63.6 Å². The van der Waals surface area contributed by atoms with Crippen molar-refractivity contribution in [1.82, 2.24) is 0 Å². The number of hydrogen-bond donors (Lipinski definition) is 0. The van der Waals surface area contributed by atoms with Crippen molar-refractivity contribution in [3.8, 4) is 5.75 Å². The third-order valence-corrected chi connectivity index (χ3v) is 3.58. The van der Waals surface area contributed by atoms with Crippen molar-refractivity contribution < 1.29 is 9.53 Å². The van der Waals surface area contributed by atoms with Crippen LogP contribution in [-0.4, -0.2) is 11.9 Å². The Hall–Kier alpha value is -1.51. The van der Waals surface area contributed by atoms with Gasteiger partial charge in [-0.2, -0.15) is 0 Å². The number of benzene rings is 2. The van der Waals surface area contributed by atoms with E-state index in [1.54, 1.807) is 43.3 Å². The molecule has 0 aliphatic rings. The number of Topliss-reactive ketones (excluding diaryl/α,β-unsaturated/α-hetero) is 1. The highest BCUT2D eigenvalue weighted by Crippen LogP contribution is 2.22. The first kappa shape index (κ1) is 14.9. The first-order valence-electron chi connectivity index (χ1n) is 6.20. The van der Waals surface area contributed by atoms with Crippen molar-refractivity contribution in [3.63, 3.8) is 0 Å². The lowest BCUT2D eigenvalue weighted by molar-refractivity contribution is 0.0818. The number of aryl methyl sites for hydroxylation is 1. The van der Waals surface area contributed by atoms with Gasteiger partial charge in [-0.25, -0.2) is 0 Å². The minimum atomic E-state index is -0.589. The Bertz CT molecular complexity index is 638. The average Bonchev–Trinajstić information content (AvgIpc) is 2.42. The summed E-state index contributed by atoms with van der Waals surface area (Å²) in [5.74, 6) is 0.509. The summed E-state index contributed by atoms with van der Waals surface area (Å²) >= 11 is 11.8. The quantitative estimate of drug-likeness (QED) is 0.747. The molecule has 2 rings (SSSR count). The Balaban J connectivity index is 2.13. The van der Waals surface area contributed by atoms with E-state index in [4.69, 9.17) is 27.9 Å². The van der Waals surface area contributed by atoms with E-state index in [-0.39, 0.29) is 5.78 Å². The molecular weight excluding hydrogens is 295 g/mol. The maximum Gasteiger partial charge on any atom is 0.203 e. The van der Waals surface area contributed by atoms with E-state index >= 15 is 0 Å². The van der Waals surface area contributed by atoms with Gasteiger partial charge in [0.2, 0.25) is 5.78 Å². The van der Waals surface area contributed by atoms with Gasteiger partial charge in [0.1, 0.15) is 5.75 Å². The molecule has 20 heavy (non-hydrogen) atoms. The van der Waals surface area contributed by atoms with E-state index in [1.165, 1.54) is 0 Å². The molecule has 0 saturated carbocycles. The van der Waals surface area contributed by atoms with Crippen LogP contribution in [0, 0.1) is 6.92 Å². The number of ether oxygens (including phenoxy) is 1. The highest BCUT2D eigenvalue weighted by atomic mass is 35.5. The molecule has 0 spiro atoms. The molecule has 1 atom stereocenters. The van der Waals surface area contributed by atoms with Gasteiger partial charge in [0.15, 0.2) is 6.10 Å². The van der Waals surface area contributed by atoms with E-state index < -0.39 is 6.10 Å². The van der Waals surface area contributed by atoms with E-state index in [1.807, 2.05) is 13.0 Å².